The van der Waals surface area contributed by atoms with Gasteiger partial charge in [-0.1, -0.05) is 30.3 Å². The first-order valence-corrected chi connectivity index (χ1v) is 7.05. The number of rotatable bonds is 6. The van der Waals surface area contributed by atoms with Gasteiger partial charge in [-0.2, -0.15) is 0 Å². The van der Waals surface area contributed by atoms with Crippen LogP contribution < -0.4 is 10.1 Å². The van der Waals surface area contributed by atoms with E-state index in [-0.39, 0.29) is 0 Å². The number of nitrogens with zero attached hydrogens (tertiary/aromatic N) is 1. The smallest absolute Gasteiger partial charge is 0.126 e. The van der Waals surface area contributed by atoms with Gasteiger partial charge in [-0.25, -0.2) is 0 Å². The van der Waals surface area contributed by atoms with Crippen LogP contribution in [0, 0.1) is 0 Å². The molecule has 3 nitrogen and oxygen atoms in total. The van der Waals surface area contributed by atoms with Crippen LogP contribution in [0.3, 0.4) is 0 Å². The van der Waals surface area contributed by atoms with Crippen LogP contribution in [0.5, 0.6) is 5.75 Å². The van der Waals surface area contributed by atoms with Gasteiger partial charge in [0.2, 0.25) is 0 Å². The lowest BCUT2D eigenvalue weighted by atomic mass is 10.0. The Morgan fingerprint density at radius 1 is 1.10 bits per heavy atom. The van der Waals surface area contributed by atoms with Crippen molar-refractivity contribution in [1.82, 2.24) is 10.2 Å². The zero-order valence-electron chi connectivity index (χ0n) is 12.8. The minimum absolute atomic E-state index is 0.527. The topological polar surface area (TPSA) is 24.5 Å². The maximum absolute atomic E-state index is 5.43. The Bertz CT molecular complexity index is 566. The molecular formula is C17H24N2O. The number of fused-ring (bicyclic) bond motifs is 1. The molecule has 2 aromatic rings. The molecule has 2 rings (SSSR count). The maximum atomic E-state index is 5.43. The quantitative estimate of drug-likeness (QED) is 0.875. The number of nitrogens with one attached hydrogen (secondary N) is 1. The van der Waals surface area contributed by atoms with E-state index in [1.165, 1.54) is 16.3 Å². The third kappa shape index (κ3) is 3.30. The number of ether oxygens (including phenoxy) is 1. The van der Waals surface area contributed by atoms with E-state index in [1.54, 1.807) is 7.11 Å². The van der Waals surface area contributed by atoms with E-state index in [0.717, 1.165) is 18.8 Å². The lowest BCUT2D eigenvalue weighted by Crippen LogP contribution is -2.35. The molecule has 0 aliphatic heterocycles. The molecule has 108 valence electrons. The van der Waals surface area contributed by atoms with Crippen molar-refractivity contribution in [3.05, 3.63) is 42.0 Å². The van der Waals surface area contributed by atoms with E-state index in [4.69, 9.17) is 4.74 Å². The van der Waals surface area contributed by atoms with E-state index in [1.807, 2.05) is 0 Å². The molecule has 1 unspecified atom stereocenters. The van der Waals surface area contributed by atoms with Crippen molar-refractivity contribution in [1.29, 1.82) is 0 Å². The second-order valence-electron chi connectivity index (χ2n) is 5.42. The summed E-state index contributed by atoms with van der Waals surface area (Å²) in [5.74, 6) is 0.936. The molecule has 0 saturated heterocycles. The van der Waals surface area contributed by atoms with Gasteiger partial charge in [0.25, 0.3) is 0 Å². The van der Waals surface area contributed by atoms with E-state index in [2.05, 4.69) is 67.6 Å². The molecule has 0 aromatic heterocycles. The molecule has 1 atom stereocenters. The third-order valence-electron chi connectivity index (χ3n) is 3.83. The molecule has 0 aliphatic rings. The summed E-state index contributed by atoms with van der Waals surface area (Å²) in [6.07, 6.45) is 0. The maximum Gasteiger partial charge on any atom is 0.126 e. The summed E-state index contributed by atoms with van der Waals surface area (Å²) in [6.45, 7) is 4.08. The van der Waals surface area contributed by atoms with E-state index in [9.17, 15) is 0 Å². The van der Waals surface area contributed by atoms with Crippen molar-refractivity contribution >= 4 is 10.8 Å². The van der Waals surface area contributed by atoms with Gasteiger partial charge in [0, 0.05) is 24.5 Å². The first kappa shape index (κ1) is 14.8. The number of likely N-dealkylation sites (N-methyl/N-ethyl adjacent to an activating group) is 1. The fourth-order valence-corrected chi connectivity index (χ4v) is 2.26. The van der Waals surface area contributed by atoms with Crippen LogP contribution in [0.1, 0.15) is 12.5 Å². The Morgan fingerprint density at radius 3 is 2.45 bits per heavy atom. The molecule has 0 heterocycles. The molecule has 1 N–H and O–H groups in total. The second kappa shape index (κ2) is 6.73. The molecule has 0 bridgehead atoms. The van der Waals surface area contributed by atoms with Gasteiger partial charge in [-0.05, 0) is 38.0 Å². The Kier molecular flexibility index (Phi) is 4.99. The lowest BCUT2D eigenvalue weighted by Gasteiger charge is -2.20. The van der Waals surface area contributed by atoms with Crippen LogP contribution >= 0.6 is 0 Å². The number of methoxy groups -OCH3 is 1. The normalized spacial score (nSPS) is 12.8. The van der Waals surface area contributed by atoms with Crippen molar-refractivity contribution < 1.29 is 4.74 Å². The van der Waals surface area contributed by atoms with Gasteiger partial charge in [-0.3, -0.25) is 0 Å². The van der Waals surface area contributed by atoms with Crippen LogP contribution in [0.4, 0.5) is 0 Å². The summed E-state index contributed by atoms with van der Waals surface area (Å²) < 4.78 is 5.43. The molecule has 0 saturated carbocycles. The minimum atomic E-state index is 0.527. The highest BCUT2D eigenvalue weighted by molar-refractivity contribution is 5.91. The van der Waals surface area contributed by atoms with Crippen LogP contribution in [-0.2, 0) is 6.54 Å². The van der Waals surface area contributed by atoms with Gasteiger partial charge < -0.3 is 15.0 Å². The highest BCUT2D eigenvalue weighted by Crippen LogP contribution is 2.28. The molecule has 0 fully saturated rings. The van der Waals surface area contributed by atoms with Crippen molar-refractivity contribution in [3.63, 3.8) is 0 Å². The van der Waals surface area contributed by atoms with Gasteiger partial charge in [0.15, 0.2) is 0 Å². The average Bonchev–Trinajstić information content (AvgIpc) is 2.47. The first-order chi connectivity index (χ1) is 9.63. The zero-order valence-corrected chi connectivity index (χ0v) is 12.8. The molecule has 2 aromatic carbocycles. The van der Waals surface area contributed by atoms with E-state index >= 15 is 0 Å². The van der Waals surface area contributed by atoms with Crippen molar-refractivity contribution in [2.24, 2.45) is 0 Å². The first-order valence-electron chi connectivity index (χ1n) is 7.05. The number of benzene rings is 2. The van der Waals surface area contributed by atoms with Crippen LogP contribution in [0.25, 0.3) is 10.8 Å². The fraction of sp³-hybridized carbons (Fsp3) is 0.412. The molecular weight excluding hydrogens is 248 g/mol. The molecule has 0 amide bonds. The van der Waals surface area contributed by atoms with Gasteiger partial charge >= 0.3 is 0 Å². The Morgan fingerprint density at radius 2 is 1.80 bits per heavy atom. The lowest BCUT2D eigenvalue weighted by molar-refractivity contribution is 0.303. The monoisotopic (exact) mass is 272 g/mol. The summed E-state index contributed by atoms with van der Waals surface area (Å²) in [6, 6.07) is 13.1. The third-order valence-corrected chi connectivity index (χ3v) is 3.83. The summed E-state index contributed by atoms with van der Waals surface area (Å²) in [5.41, 5.74) is 1.31. The average molecular weight is 272 g/mol. The Labute approximate surface area is 121 Å². The van der Waals surface area contributed by atoms with E-state index in [0.29, 0.717) is 6.04 Å². The van der Waals surface area contributed by atoms with Crippen molar-refractivity contribution in [3.8, 4) is 5.75 Å². The molecule has 3 heteroatoms. The highest BCUT2D eigenvalue weighted by atomic mass is 16.5. The van der Waals surface area contributed by atoms with E-state index < -0.39 is 0 Å². The zero-order chi connectivity index (χ0) is 14.5. The molecule has 0 radical (unpaired) electrons. The standard InChI is InChI=1S/C17H24N2O/c1-13(19(2)3)11-18-12-14-9-10-17(20-4)16-8-6-5-7-15(14)16/h5-10,13,18H,11-12H2,1-4H3. The number of hydrogen-bond acceptors (Lipinski definition) is 3. The summed E-state index contributed by atoms with van der Waals surface area (Å²) in [7, 11) is 5.93. The highest BCUT2D eigenvalue weighted by Gasteiger charge is 2.07. The SMILES string of the molecule is COc1ccc(CNCC(C)N(C)C)c2ccccc12. The van der Waals surface area contributed by atoms with Crippen LogP contribution in [-0.4, -0.2) is 38.7 Å². The largest absolute Gasteiger partial charge is 0.496 e. The second-order valence-corrected chi connectivity index (χ2v) is 5.42. The fourth-order valence-electron chi connectivity index (χ4n) is 2.26. The van der Waals surface area contributed by atoms with Gasteiger partial charge in [0.05, 0.1) is 7.11 Å². The minimum Gasteiger partial charge on any atom is -0.496 e. The Balaban J connectivity index is 2.15. The van der Waals surface area contributed by atoms with Crippen LogP contribution in [0.15, 0.2) is 36.4 Å². The summed E-state index contributed by atoms with van der Waals surface area (Å²) in [4.78, 5) is 2.22. The van der Waals surface area contributed by atoms with Gasteiger partial charge in [0.1, 0.15) is 5.75 Å². The van der Waals surface area contributed by atoms with Gasteiger partial charge in [-0.15, -0.1) is 0 Å². The predicted octanol–water partition coefficient (Wildman–Crippen LogP) is 2.89. The summed E-state index contributed by atoms with van der Waals surface area (Å²) in [5, 5.41) is 5.97. The molecule has 0 spiro atoms. The molecule has 20 heavy (non-hydrogen) atoms. The van der Waals surface area contributed by atoms with Crippen molar-refractivity contribution in [2.75, 3.05) is 27.7 Å². The van der Waals surface area contributed by atoms with Crippen molar-refractivity contribution in [2.45, 2.75) is 19.5 Å². The molecule has 0 aliphatic carbocycles. The number of hydrogen-bond donors (Lipinski definition) is 1. The Hall–Kier alpha value is -1.58. The summed E-state index contributed by atoms with van der Waals surface area (Å²) >= 11 is 0. The van der Waals surface area contributed by atoms with Crippen LogP contribution in [0.2, 0.25) is 0 Å². The predicted molar refractivity (Wildman–Crippen MR) is 85.4 cm³/mol.